The fraction of sp³-hybridized carbons (Fsp3) is 0.556. The molecule has 2 amide bonds. The van der Waals surface area contributed by atoms with Gasteiger partial charge >= 0.3 is 6.03 Å². The molecule has 24 heavy (non-hydrogen) atoms. The standard InChI is InChI=1S/C18H26N4O2/c1-21(14-6-4-3-5-7-14)18(23)22-11-16(20-12-22)13-8-9-17(24-2)15(19)10-13/h8-10,12,14,16H,3-7,11,19H2,1-2H3. The Morgan fingerprint density at radius 1 is 1.33 bits per heavy atom. The van der Waals surface area contributed by atoms with Crippen LogP contribution >= 0.6 is 0 Å². The van der Waals surface area contributed by atoms with E-state index in [2.05, 4.69) is 4.99 Å². The number of aliphatic imine (C=N–C) groups is 1. The molecule has 1 aromatic carbocycles. The highest BCUT2D eigenvalue weighted by atomic mass is 16.5. The molecule has 0 aromatic heterocycles. The van der Waals surface area contributed by atoms with Crippen molar-refractivity contribution in [3.05, 3.63) is 23.8 Å². The zero-order valence-corrected chi connectivity index (χ0v) is 14.4. The molecule has 130 valence electrons. The van der Waals surface area contributed by atoms with Gasteiger partial charge in [0.15, 0.2) is 0 Å². The quantitative estimate of drug-likeness (QED) is 0.866. The number of rotatable bonds is 3. The lowest BCUT2D eigenvalue weighted by Crippen LogP contribution is -2.45. The van der Waals surface area contributed by atoms with E-state index >= 15 is 0 Å². The van der Waals surface area contributed by atoms with Crippen LogP contribution < -0.4 is 10.5 Å². The number of hydrogen-bond acceptors (Lipinski definition) is 4. The Morgan fingerprint density at radius 3 is 2.75 bits per heavy atom. The lowest BCUT2D eigenvalue weighted by molar-refractivity contribution is 0.155. The predicted molar refractivity (Wildman–Crippen MR) is 95.4 cm³/mol. The number of carbonyl (C=O) groups is 1. The third-order valence-corrected chi connectivity index (χ3v) is 5.06. The number of methoxy groups -OCH3 is 1. The van der Waals surface area contributed by atoms with Crippen LogP contribution in [0.2, 0.25) is 0 Å². The average Bonchev–Trinajstić information content (AvgIpc) is 3.11. The van der Waals surface area contributed by atoms with Gasteiger partial charge in [0.1, 0.15) is 5.75 Å². The number of benzene rings is 1. The highest BCUT2D eigenvalue weighted by Gasteiger charge is 2.29. The Hall–Kier alpha value is -2.24. The smallest absolute Gasteiger partial charge is 0.325 e. The summed E-state index contributed by atoms with van der Waals surface area (Å²) in [4.78, 5) is 20.8. The fourth-order valence-electron chi connectivity index (χ4n) is 3.55. The monoisotopic (exact) mass is 330 g/mol. The molecule has 0 bridgehead atoms. The van der Waals surface area contributed by atoms with Gasteiger partial charge in [-0.15, -0.1) is 0 Å². The van der Waals surface area contributed by atoms with E-state index in [-0.39, 0.29) is 12.1 Å². The first-order valence-electron chi connectivity index (χ1n) is 8.60. The van der Waals surface area contributed by atoms with Gasteiger partial charge in [0.25, 0.3) is 0 Å². The molecule has 1 atom stereocenters. The topological polar surface area (TPSA) is 71.2 Å². The molecular weight excluding hydrogens is 304 g/mol. The van der Waals surface area contributed by atoms with Gasteiger partial charge in [0.05, 0.1) is 31.7 Å². The number of nitrogens with two attached hydrogens (primary N) is 1. The predicted octanol–water partition coefficient (Wildman–Crippen LogP) is 3.05. The van der Waals surface area contributed by atoms with E-state index in [1.165, 1.54) is 19.3 Å². The van der Waals surface area contributed by atoms with Crippen LogP contribution in [0.5, 0.6) is 5.75 Å². The maximum absolute atomic E-state index is 12.7. The van der Waals surface area contributed by atoms with E-state index in [4.69, 9.17) is 10.5 Å². The van der Waals surface area contributed by atoms with Gasteiger partial charge in [-0.1, -0.05) is 25.3 Å². The second-order valence-corrected chi connectivity index (χ2v) is 6.62. The van der Waals surface area contributed by atoms with E-state index < -0.39 is 0 Å². The molecule has 2 N–H and O–H groups in total. The average molecular weight is 330 g/mol. The third-order valence-electron chi connectivity index (χ3n) is 5.06. The molecule has 1 aliphatic carbocycles. The van der Waals surface area contributed by atoms with Crippen LogP contribution in [-0.4, -0.2) is 48.9 Å². The van der Waals surface area contributed by atoms with Crippen LogP contribution in [0.4, 0.5) is 10.5 Å². The second-order valence-electron chi connectivity index (χ2n) is 6.62. The summed E-state index contributed by atoms with van der Waals surface area (Å²) in [6, 6.07) is 6.00. The van der Waals surface area contributed by atoms with Crippen molar-refractivity contribution in [3.63, 3.8) is 0 Å². The van der Waals surface area contributed by atoms with Crippen LogP contribution in [0.15, 0.2) is 23.2 Å². The zero-order chi connectivity index (χ0) is 17.1. The molecule has 2 aliphatic rings. The van der Waals surface area contributed by atoms with Crippen molar-refractivity contribution in [2.45, 2.75) is 44.2 Å². The summed E-state index contributed by atoms with van der Waals surface area (Å²) in [5.74, 6) is 0.658. The summed E-state index contributed by atoms with van der Waals surface area (Å²) in [6.07, 6.45) is 7.57. The molecule has 6 nitrogen and oxygen atoms in total. The third kappa shape index (κ3) is 3.32. The SMILES string of the molecule is COc1ccc(C2CN(C(=O)N(C)C3CCCCC3)C=N2)cc1N. The highest BCUT2D eigenvalue weighted by molar-refractivity contribution is 5.87. The van der Waals surface area contributed by atoms with E-state index in [9.17, 15) is 4.79 Å². The maximum atomic E-state index is 12.7. The van der Waals surface area contributed by atoms with Crippen molar-refractivity contribution in [2.75, 3.05) is 26.4 Å². The first kappa shape index (κ1) is 16.6. The number of anilines is 1. The zero-order valence-electron chi connectivity index (χ0n) is 14.4. The van der Waals surface area contributed by atoms with Crippen LogP contribution in [0, 0.1) is 0 Å². The Bertz CT molecular complexity index is 625. The van der Waals surface area contributed by atoms with Gasteiger partial charge in [0, 0.05) is 13.1 Å². The van der Waals surface area contributed by atoms with Crippen LogP contribution in [0.25, 0.3) is 0 Å². The Kier molecular flexibility index (Phi) is 4.92. The molecule has 1 aliphatic heterocycles. The molecule has 1 aromatic rings. The van der Waals surface area contributed by atoms with Gasteiger partial charge < -0.3 is 15.4 Å². The van der Waals surface area contributed by atoms with Crippen molar-refractivity contribution < 1.29 is 9.53 Å². The van der Waals surface area contributed by atoms with Crippen LogP contribution in [0.3, 0.4) is 0 Å². The molecule has 0 saturated heterocycles. The molecular formula is C18H26N4O2. The summed E-state index contributed by atoms with van der Waals surface area (Å²) < 4.78 is 5.19. The summed E-state index contributed by atoms with van der Waals surface area (Å²) in [7, 11) is 3.51. The highest BCUT2D eigenvalue weighted by Crippen LogP contribution is 2.30. The normalized spacial score (nSPS) is 21.1. The molecule has 1 heterocycles. The number of ether oxygens (including phenoxy) is 1. The minimum absolute atomic E-state index is 0.0367. The lowest BCUT2D eigenvalue weighted by Gasteiger charge is -2.33. The maximum Gasteiger partial charge on any atom is 0.325 e. The van der Waals surface area contributed by atoms with E-state index in [0.717, 1.165) is 18.4 Å². The molecule has 1 saturated carbocycles. The number of carbonyl (C=O) groups excluding carboxylic acids is 1. The summed E-state index contributed by atoms with van der Waals surface area (Å²) in [5, 5.41) is 0. The Labute approximate surface area is 143 Å². The first-order valence-corrected chi connectivity index (χ1v) is 8.60. The minimum atomic E-state index is -0.0677. The number of nitrogens with zero attached hydrogens (tertiary/aromatic N) is 3. The molecule has 3 rings (SSSR count). The number of urea groups is 1. The summed E-state index contributed by atoms with van der Waals surface area (Å²) in [6.45, 7) is 0.557. The van der Waals surface area contributed by atoms with Crippen molar-refractivity contribution in [1.82, 2.24) is 9.80 Å². The number of hydrogen-bond donors (Lipinski definition) is 1. The van der Waals surface area contributed by atoms with Crippen molar-refractivity contribution >= 4 is 18.1 Å². The van der Waals surface area contributed by atoms with Crippen molar-refractivity contribution in [2.24, 2.45) is 4.99 Å². The Morgan fingerprint density at radius 2 is 2.08 bits per heavy atom. The summed E-state index contributed by atoms with van der Waals surface area (Å²) >= 11 is 0. The minimum Gasteiger partial charge on any atom is -0.495 e. The van der Waals surface area contributed by atoms with Crippen LogP contribution in [-0.2, 0) is 0 Å². The molecule has 1 unspecified atom stereocenters. The largest absolute Gasteiger partial charge is 0.495 e. The van der Waals surface area contributed by atoms with Crippen molar-refractivity contribution in [3.8, 4) is 5.75 Å². The van der Waals surface area contributed by atoms with Gasteiger partial charge in [-0.2, -0.15) is 0 Å². The van der Waals surface area contributed by atoms with Gasteiger partial charge in [-0.05, 0) is 30.5 Å². The second kappa shape index (κ2) is 7.11. The van der Waals surface area contributed by atoms with E-state index in [1.807, 2.05) is 30.1 Å². The van der Waals surface area contributed by atoms with Gasteiger partial charge in [0.2, 0.25) is 0 Å². The molecule has 0 spiro atoms. The van der Waals surface area contributed by atoms with E-state index in [1.54, 1.807) is 18.3 Å². The lowest BCUT2D eigenvalue weighted by atomic mass is 9.95. The first-order chi connectivity index (χ1) is 11.6. The number of amides is 2. The van der Waals surface area contributed by atoms with Gasteiger partial charge in [-0.3, -0.25) is 9.89 Å². The fourth-order valence-corrected chi connectivity index (χ4v) is 3.55. The Balaban J connectivity index is 1.63. The van der Waals surface area contributed by atoms with E-state index in [0.29, 0.717) is 24.0 Å². The molecule has 0 radical (unpaired) electrons. The van der Waals surface area contributed by atoms with Crippen LogP contribution in [0.1, 0.15) is 43.7 Å². The summed E-state index contributed by atoms with van der Waals surface area (Å²) in [5.41, 5.74) is 7.57. The molecule has 1 fully saturated rings. The van der Waals surface area contributed by atoms with Crippen molar-refractivity contribution in [1.29, 1.82) is 0 Å². The molecule has 6 heteroatoms. The number of nitrogen functional groups attached to an aromatic ring is 1. The van der Waals surface area contributed by atoms with Gasteiger partial charge in [-0.25, -0.2) is 4.79 Å².